The second kappa shape index (κ2) is 7.07. The van der Waals surface area contributed by atoms with Crippen LogP contribution in [-0.2, 0) is 11.2 Å². The Labute approximate surface area is 149 Å². The number of halogens is 2. The maximum absolute atomic E-state index is 12.3. The predicted octanol–water partition coefficient (Wildman–Crippen LogP) is 4.20. The summed E-state index contributed by atoms with van der Waals surface area (Å²) < 4.78 is 5.50. The lowest BCUT2D eigenvalue weighted by atomic mass is 9.83. The van der Waals surface area contributed by atoms with Crippen LogP contribution in [0.1, 0.15) is 56.2 Å². The Kier molecular flexibility index (Phi) is 5.06. The van der Waals surface area contributed by atoms with Crippen molar-refractivity contribution in [2.24, 2.45) is 0 Å². The number of hydrogen-bond acceptors (Lipinski definition) is 6. The molecule has 0 unspecified atom stereocenters. The van der Waals surface area contributed by atoms with E-state index in [1.807, 2.05) is 6.92 Å². The van der Waals surface area contributed by atoms with Crippen molar-refractivity contribution in [2.75, 3.05) is 5.73 Å². The molecule has 1 aliphatic carbocycles. The van der Waals surface area contributed by atoms with E-state index in [2.05, 4.69) is 15.1 Å². The Balaban J connectivity index is 2.07. The van der Waals surface area contributed by atoms with Crippen LogP contribution in [0.5, 0.6) is 0 Å². The number of carbonyl (C=O) groups excluding carboxylic acids is 1. The molecular weight excluding hydrogens is 351 g/mol. The highest BCUT2D eigenvalue weighted by atomic mass is 35.5. The summed E-state index contributed by atoms with van der Waals surface area (Å²) in [7, 11) is 0. The molecule has 2 N–H and O–H groups in total. The fourth-order valence-electron chi connectivity index (χ4n) is 3.05. The van der Waals surface area contributed by atoms with Crippen LogP contribution < -0.4 is 5.73 Å². The summed E-state index contributed by atoms with van der Waals surface area (Å²) in [6, 6.07) is 0. The molecule has 0 bridgehead atoms. The highest BCUT2D eigenvalue weighted by Crippen LogP contribution is 2.37. The first kappa shape index (κ1) is 17.2. The lowest BCUT2D eigenvalue weighted by molar-refractivity contribution is -0.122. The summed E-state index contributed by atoms with van der Waals surface area (Å²) in [6.45, 7) is 2.05. The van der Waals surface area contributed by atoms with Crippen LogP contribution in [0, 0.1) is 0 Å². The Morgan fingerprint density at radius 3 is 2.58 bits per heavy atom. The molecule has 2 aromatic heterocycles. The van der Waals surface area contributed by atoms with Gasteiger partial charge >= 0.3 is 0 Å². The largest absolute Gasteiger partial charge is 0.394 e. The molecule has 24 heavy (non-hydrogen) atoms. The van der Waals surface area contributed by atoms with Crippen LogP contribution in [0.25, 0.3) is 11.6 Å². The molecule has 2 aromatic rings. The van der Waals surface area contributed by atoms with Gasteiger partial charge in [-0.25, -0.2) is 9.97 Å². The highest BCUT2D eigenvalue weighted by molar-refractivity contribution is 6.37. The van der Waals surface area contributed by atoms with E-state index in [1.54, 1.807) is 0 Å². The number of nitrogen functional groups attached to an aromatic ring is 1. The van der Waals surface area contributed by atoms with Crippen molar-refractivity contribution in [3.8, 4) is 11.6 Å². The minimum absolute atomic E-state index is 0.0686. The van der Waals surface area contributed by atoms with Gasteiger partial charge in [-0.1, -0.05) is 48.1 Å². The Morgan fingerprint density at radius 2 is 1.96 bits per heavy atom. The zero-order chi connectivity index (χ0) is 17.3. The van der Waals surface area contributed by atoms with Gasteiger partial charge in [0.2, 0.25) is 11.6 Å². The fraction of sp³-hybridized carbons (Fsp3) is 0.500. The van der Waals surface area contributed by atoms with E-state index in [0.29, 0.717) is 24.3 Å². The van der Waals surface area contributed by atoms with Crippen molar-refractivity contribution in [1.82, 2.24) is 15.1 Å². The van der Waals surface area contributed by atoms with E-state index in [0.717, 1.165) is 31.2 Å². The maximum atomic E-state index is 12.3. The summed E-state index contributed by atoms with van der Waals surface area (Å²) in [5.74, 6) is 0.656. The van der Waals surface area contributed by atoms with Crippen molar-refractivity contribution in [1.29, 1.82) is 0 Å². The minimum Gasteiger partial charge on any atom is -0.394 e. The monoisotopic (exact) mass is 368 g/mol. The van der Waals surface area contributed by atoms with Crippen LogP contribution in [-0.4, -0.2) is 20.9 Å². The van der Waals surface area contributed by atoms with Gasteiger partial charge in [-0.05, 0) is 19.3 Å². The summed E-state index contributed by atoms with van der Waals surface area (Å²) in [5.41, 5.74) is 7.37. The molecule has 0 aromatic carbocycles. The van der Waals surface area contributed by atoms with Crippen LogP contribution in [0.4, 0.5) is 5.69 Å². The maximum Gasteiger partial charge on any atom is 0.207 e. The zero-order valence-electron chi connectivity index (χ0n) is 13.3. The van der Waals surface area contributed by atoms with Gasteiger partial charge in [0.1, 0.15) is 11.5 Å². The molecule has 2 heterocycles. The summed E-state index contributed by atoms with van der Waals surface area (Å²) in [4.78, 5) is 20.6. The standard InChI is InChI=1S/C16H18Cl2N4O2/c1-2-5-9-12(8-6-3-4-7-10(8)23)22-24-13(9)16-20-14(17)11(19)15(18)21-16/h8H,2-7,19H2,1H3/t8-/m0/s1. The lowest BCUT2D eigenvalue weighted by Crippen LogP contribution is -2.18. The normalized spacial score (nSPS) is 18.1. The van der Waals surface area contributed by atoms with Crippen molar-refractivity contribution >= 4 is 34.7 Å². The number of ketones is 1. The van der Waals surface area contributed by atoms with Gasteiger partial charge in [0, 0.05) is 12.0 Å². The van der Waals surface area contributed by atoms with Crippen LogP contribution >= 0.6 is 23.2 Å². The Bertz CT molecular complexity index is 752. The minimum atomic E-state index is -0.211. The SMILES string of the molecule is CCCc1c([C@H]2CCCCC2=O)noc1-c1nc(Cl)c(N)c(Cl)n1. The molecule has 0 spiro atoms. The molecule has 0 radical (unpaired) electrons. The third-order valence-corrected chi connectivity index (χ3v) is 4.84. The molecular formula is C16H18Cl2N4O2. The molecule has 0 aliphatic heterocycles. The van der Waals surface area contributed by atoms with E-state index in [-0.39, 0.29) is 33.5 Å². The molecule has 0 amide bonds. The number of Topliss-reactive ketones (excluding diaryl/α,β-unsaturated/α-hetero) is 1. The summed E-state index contributed by atoms with van der Waals surface area (Å²) in [5, 5.41) is 4.31. The number of aromatic nitrogens is 3. The molecule has 1 fully saturated rings. The van der Waals surface area contributed by atoms with Crippen molar-refractivity contribution in [3.63, 3.8) is 0 Å². The van der Waals surface area contributed by atoms with Crippen molar-refractivity contribution in [3.05, 3.63) is 21.6 Å². The molecule has 1 aliphatic rings. The van der Waals surface area contributed by atoms with Gasteiger partial charge in [0.05, 0.1) is 11.6 Å². The first-order valence-corrected chi connectivity index (χ1v) is 8.78. The number of nitrogens with zero attached hydrogens (tertiary/aromatic N) is 3. The van der Waals surface area contributed by atoms with E-state index in [1.165, 1.54) is 0 Å². The Hall–Kier alpha value is -1.66. The summed E-state index contributed by atoms with van der Waals surface area (Å²) >= 11 is 12.0. The van der Waals surface area contributed by atoms with Crippen LogP contribution in [0.15, 0.2) is 4.52 Å². The van der Waals surface area contributed by atoms with Crippen LogP contribution in [0.2, 0.25) is 10.3 Å². The number of hydrogen-bond donors (Lipinski definition) is 1. The quantitative estimate of drug-likeness (QED) is 0.812. The Morgan fingerprint density at radius 1 is 1.25 bits per heavy atom. The number of nitrogens with two attached hydrogens (primary N) is 1. The topological polar surface area (TPSA) is 94.9 Å². The van der Waals surface area contributed by atoms with E-state index in [4.69, 9.17) is 33.5 Å². The number of carbonyl (C=O) groups is 1. The van der Waals surface area contributed by atoms with Crippen LogP contribution in [0.3, 0.4) is 0 Å². The van der Waals surface area contributed by atoms with Gasteiger partial charge in [0.25, 0.3) is 0 Å². The average molecular weight is 369 g/mol. The van der Waals surface area contributed by atoms with E-state index < -0.39 is 0 Å². The van der Waals surface area contributed by atoms with Crippen molar-refractivity contribution in [2.45, 2.75) is 51.4 Å². The van der Waals surface area contributed by atoms with E-state index >= 15 is 0 Å². The first-order chi connectivity index (χ1) is 11.5. The smallest absolute Gasteiger partial charge is 0.207 e. The third kappa shape index (κ3) is 3.13. The zero-order valence-corrected chi connectivity index (χ0v) is 14.8. The molecule has 8 heteroatoms. The van der Waals surface area contributed by atoms with Crippen molar-refractivity contribution < 1.29 is 9.32 Å². The molecule has 3 rings (SSSR count). The fourth-order valence-corrected chi connectivity index (χ4v) is 3.44. The molecule has 128 valence electrons. The second-order valence-corrected chi connectivity index (χ2v) is 6.65. The van der Waals surface area contributed by atoms with Gasteiger partial charge in [-0.15, -0.1) is 0 Å². The number of rotatable bonds is 4. The second-order valence-electron chi connectivity index (χ2n) is 5.93. The van der Waals surface area contributed by atoms with Gasteiger partial charge < -0.3 is 10.3 Å². The molecule has 0 saturated heterocycles. The third-order valence-electron chi connectivity index (χ3n) is 4.26. The van der Waals surface area contributed by atoms with Gasteiger partial charge in [-0.3, -0.25) is 4.79 Å². The molecule has 6 nitrogen and oxygen atoms in total. The first-order valence-electron chi connectivity index (χ1n) is 8.03. The lowest BCUT2D eigenvalue weighted by Gasteiger charge is -2.19. The van der Waals surface area contributed by atoms with E-state index in [9.17, 15) is 4.79 Å². The summed E-state index contributed by atoms with van der Waals surface area (Å²) in [6.07, 6.45) is 4.93. The van der Waals surface area contributed by atoms with Gasteiger partial charge in [-0.2, -0.15) is 0 Å². The number of anilines is 1. The predicted molar refractivity (Wildman–Crippen MR) is 92.2 cm³/mol. The van der Waals surface area contributed by atoms with Gasteiger partial charge in [0.15, 0.2) is 10.3 Å². The molecule has 1 atom stereocenters. The average Bonchev–Trinajstić information content (AvgIpc) is 2.96. The molecule has 1 saturated carbocycles. The highest BCUT2D eigenvalue weighted by Gasteiger charge is 2.31.